The highest BCUT2D eigenvalue weighted by atomic mass is 31.1. The molecule has 2 nitrogen and oxygen atoms in total. The van der Waals surface area contributed by atoms with Crippen LogP contribution in [-0.2, 0) is 4.67 Å². The van der Waals surface area contributed by atoms with Gasteiger partial charge in [0.25, 0.3) is 0 Å². The summed E-state index contributed by atoms with van der Waals surface area (Å²) < 4.78 is 4.84. The van der Waals surface area contributed by atoms with E-state index in [-0.39, 0.29) is 0 Å². The summed E-state index contributed by atoms with van der Waals surface area (Å²) in [5.41, 5.74) is 0. The molecule has 0 atom stereocenters. The second-order valence-corrected chi connectivity index (χ2v) is 4.86. The Morgan fingerprint density at radius 2 is 1.13 bits per heavy atom. The summed E-state index contributed by atoms with van der Waals surface area (Å²) in [5.74, 6) is 0. The van der Waals surface area contributed by atoms with Crippen molar-refractivity contribution in [2.75, 3.05) is 0 Å². The molecule has 0 saturated carbocycles. The topological polar surface area (TPSA) is 32.1 Å². The fraction of sp³-hybridized carbons (Fsp3) is 0. The van der Waals surface area contributed by atoms with Gasteiger partial charge in [0.15, 0.2) is 8.15 Å². The van der Waals surface area contributed by atoms with Gasteiger partial charge in [0.2, 0.25) is 0 Å². The van der Waals surface area contributed by atoms with Gasteiger partial charge in [-0.1, -0.05) is 65.3 Å². The molecule has 0 aliphatic rings. The quantitative estimate of drug-likeness (QED) is 0.334. The summed E-state index contributed by atoms with van der Waals surface area (Å²) in [6.45, 7) is 0. The van der Waals surface area contributed by atoms with Gasteiger partial charge in [0.05, 0.1) is 0 Å². The lowest BCUT2D eigenvalue weighted by Crippen LogP contribution is -2.12. The lowest BCUT2D eigenvalue weighted by atomic mass is 10.4. The maximum absolute atomic E-state index is 7.16. The maximum atomic E-state index is 7.16. The molecule has 0 heterocycles. The van der Waals surface area contributed by atoms with E-state index in [0.29, 0.717) is 0 Å². The van der Waals surface area contributed by atoms with Crippen molar-refractivity contribution >= 4 is 18.8 Å². The Hall–Kier alpha value is -1.21. The standard InChI is InChI=1S/C12H11O2P/c13-14-15(11-7-3-1-4-8-11)12-9-5-2-6-10-12/h1-10,13H/p+1. The molecule has 0 spiro atoms. The Morgan fingerprint density at radius 3 is 1.47 bits per heavy atom. The van der Waals surface area contributed by atoms with Gasteiger partial charge >= 0.3 is 0 Å². The van der Waals surface area contributed by atoms with Crippen molar-refractivity contribution in [3.63, 3.8) is 0 Å². The van der Waals surface area contributed by atoms with E-state index in [1.807, 2.05) is 60.7 Å². The summed E-state index contributed by atoms with van der Waals surface area (Å²) >= 11 is 0. The molecule has 2 aromatic rings. The Balaban J connectivity index is 2.34. The number of hydrogen-bond acceptors (Lipinski definition) is 1. The van der Waals surface area contributed by atoms with Crippen LogP contribution < -0.4 is 10.6 Å². The molecular formula is C12H12O2P+. The zero-order valence-corrected chi connectivity index (χ0v) is 9.02. The van der Waals surface area contributed by atoms with Crippen LogP contribution in [-0.4, -0.2) is 5.26 Å². The van der Waals surface area contributed by atoms with Crippen molar-refractivity contribution < 1.29 is 9.93 Å². The number of rotatable bonds is 3. The van der Waals surface area contributed by atoms with Crippen LogP contribution in [0.1, 0.15) is 0 Å². The Bertz CT molecular complexity index is 363. The van der Waals surface area contributed by atoms with Gasteiger partial charge in [0, 0.05) is 10.6 Å². The molecule has 0 aliphatic carbocycles. The van der Waals surface area contributed by atoms with Crippen molar-refractivity contribution in [3.05, 3.63) is 60.7 Å². The SMILES string of the molecule is [OH2+]OP(c1ccccc1)c1ccccc1. The maximum Gasteiger partial charge on any atom is 0.188 e. The fourth-order valence-corrected chi connectivity index (χ4v) is 2.78. The van der Waals surface area contributed by atoms with Crippen molar-refractivity contribution in [2.45, 2.75) is 0 Å². The smallest absolute Gasteiger partial charge is 0.188 e. The predicted molar refractivity (Wildman–Crippen MR) is 63.8 cm³/mol. The lowest BCUT2D eigenvalue weighted by Gasteiger charge is -2.09. The van der Waals surface area contributed by atoms with E-state index in [1.165, 1.54) is 0 Å². The first-order valence-corrected chi connectivity index (χ1v) is 5.91. The van der Waals surface area contributed by atoms with Crippen molar-refractivity contribution in [1.29, 1.82) is 0 Å². The molecule has 0 aliphatic heterocycles. The Morgan fingerprint density at radius 1 is 0.733 bits per heavy atom. The number of hydrogen-bond donors (Lipinski definition) is 0. The van der Waals surface area contributed by atoms with Crippen molar-refractivity contribution in [2.24, 2.45) is 0 Å². The molecule has 0 aromatic heterocycles. The van der Waals surface area contributed by atoms with Crippen LogP contribution in [0.5, 0.6) is 0 Å². The van der Waals surface area contributed by atoms with E-state index in [4.69, 9.17) is 9.93 Å². The van der Waals surface area contributed by atoms with Crippen LogP contribution >= 0.6 is 8.15 Å². The van der Waals surface area contributed by atoms with Crippen LogP contribution in [0.2, 0.25) is 0 Å². The third-order valence-electron chi connectivity index (χ3n) is 2.07. The van der Waals surface area contributed by atoms with Gasteiger partial charge in [-0.3, -0.25) is 5.26 Å². The van der Waals surface area contributed by atoms with Crippen LogP contribution in [0.3, 0.4) is 0 Å². The van der Waals surface area contributed by atoms with Gasteiger partial charge < -0.3 is 0 Å². The van der Waals surface area contributed by atoms with Gasteiger partial charge in [-0.2, -0.15) is 0 Å². The molecule has 0 amide bonds. The van der Waals surface area contributed by atoms with Gasteiger partial charge in [-0.15, -0.1) is 0 Å². The molecule has 3 heteroatoms. The zero-order valence-electron chi connectivity index (χ0n) is 8.13. The first kappa shape index (κ1) is 10.3. The molecule has 0 radical (unpaired) electrons. The van der Waals surface area contributed by atoms with Gasteiger partial charge in [-0.25, -0.2) is 0 Å². The fourth-order valence-electron chi connectivity index (χ4n) is 1.38. The monoisotopic (exact) mass is 219 g/mol. The molecule has 2 aromatic carbocycles. The van der Waals surface area contributed by atoms with Crippen LogP contribution in [0.4, 0.5) is 0 Å². The van der Waals surface area contributed by atoms with Crippen molar-refractivity contribution in [1.82, 2.24) is 0 Å². The molecule has 0 bridgehead atoms. The predicted octanol–water partition coefficient (Wildman–Crippen LogP) is 1.69. The third kappa shape index (κ3) is 2.42. The summed E-state index contributed by atoms with van der Waals surface area (Å²) in [6.07, 6.45) is 0. The second kappa shape index (κ2) is 5.04. The van der Waals surface area contributed by atoms with Gasteiger partial charge in [0.1, 0.15) is 0 Å². The molecule has 0 saturated heterocycles. The van der Waals surface area contributed by atoms with Crippen LogP contribution in [0, 0.1) is 0 Å². The second-order valence-electron chi connectivity index (χ2n) is 3.06. The highest BCUT2D eigenvalue weighted by Crippen LogP contribution is 2.32. The first-order chi connectivity index (χ1) is 7.42. The lowest BCUT2D eigenvalue weighted by molar-refractivity contribution is -0.124. The minimum Gasteiger partial charge on any atom is -0.257 e. The zero-order chi connectivity index (χ0) is 10.5. The van der Waals surface area contributed by atoms with Crippen LogP contribution in [0.15, 0.2) is 60.7 Å². The van der Waals surface area contributed by atoms with Crippen molar-refractivity contribution in [3.8, 4) is 0 Å². The molecule has 0 fully saturated rings. The molecular weight excluding hydrogens is 207 g/mol. The third-order valence-corrected chi connectivity index (χ3v) is 3.79. The summed E-state index contributed by atoms with van der Waals surface area (Å²) in [6, 6.07) is 19.8. The summed E-state index contributed by atoms with van der Waals surface area (Å²) in [7, 11) is -0.982. The van der Waals surface area contributed by atoms with E-state index in [1.54, 1.807) is 0 Å². The van der Waals surface area contributed by atoms with Crippen LogP contribution in [0.25, 0.3) is 0 Å². The minimum absolute atomic E-state index is 0.982. The van der Waals surface area contributed by atoms with E-state index in [9.17, 15) is 0 Å². The molecule has 15 heavy (non-hydrogen) atoms. The average molecular weight is 219 g/mol. The van der Waals surface area contributed by atoms with E-state index in [2.05, 4.69) is 0 Å². The summed E-state index contributed by atoms with van der Waals surface area (Å²) in [4.78, 5) is 0. The van der Waals surface area contributed by atoms with E-state index in [0.717, 1.165) is 10.6 Å². The molecule has 2 rings (SSSR count). The summed E-state index contributed by atoms with van der Waals surface area (Å²) in [5, 5.41) is 9.29. The molecule has 2 N–H and O–H groups in total. The first-order valence-electron chi connectivity index (χ1n) is 4.66. The normalized spacial score (nSPS) is 10.5. The highest BCUT2D eigenvalue weighted by Gasteiger charge is 2.17. The molecule has 0 unspecified atom stereocenters. The minimum atomic E-state index is -0.982. The molecule has 76 valence electrons. The Kier molecular flexibility index (Phi) is 3.46. The average Bonchev–Trinajstić information content (AvgIpc) is 2.33. The van der Waals surface area contributed by atoms with E-state index >= 15 is 0 Å². The largest absolute Gasteiger partial charge is 0.257 e. The number of benzene rings is 2. The highest BCUT2D eigenvalue weighted by molar-refractivity contribution is 7.68. The Labute approximate surface area is 89.9 Å². The van der Waals surface area contributed by atoms with Gasteiger partial charge in [-0.05, 0) is 0 Å². The van der Waals surface area contributed by atoms with E-state index < -0.39 is 8.15 Å².